The van der Waals surface area contributed by atoms with Crippen molar-refractivity contribution in [1.82, 2.24) is 0 Å². The molecule has 1 aliphatic carbocycles. The van der Waals surface area contributed by atoms with Gasteiger partial charge in [-0.25, -0.2) is 0 Å². The Bertz CT molecular complexity index is 385. The van der Waals surface area contributed by atoms with Gasteiger partial charge in [0.25, 0.3) is 0 Å². The van der Waals surface area contributed by atoms with Crippen molar-refractivity contribution in [3.63, 3.8) is 0 Å². The van der Waals surface area contributed by atoms with E-state index < -0.39 is 0 Å². The van der Waals surface area contributed by atoms with Crippen LogP contribution in [0.2, 0.25) is 0 Å². The molecule has 1 rings (SSSR count). The molecule has 3 atom stereocenters. The number of unbranched alkanes of at least 4 members (excludes halogenated alkanes) is 3. The average molecular weight is 361 g/mol. The molecular formula is C26H48. The third-order valence-electron chi connectivity index (χ3n) is 7.08. The van der Waals surface area contributed by atoms with E-state index in [0.29, 0.717) is 5.41 Å². The Morgan fingerprint density at radius 1 is 1.04 bits per heavy atom. The third-order valence-corrected chi connectivity index (χ3v) is 7.08. The molecule has 0 amide bonds. The summed E-state index contributed by atoms with van der Waals surface area (Å²) in [4.78, 5) is 0. The van der Waals surface area contributed by atoms with Gasteiger partial charge in [-0.1, -0.05) is 84.4 Å². The van der Waals surface area contributed by atoms with Gasteiger partial charge in [0.1, 0.15) is 0 Å². The van der Waals surface area contributed by atoms with Gasteiger partial charge in [-0.05, 0) is 74.5 Å². The molecule has 0 heteroatoms. The molecule has 0 aromatic heterocycles. The minimum Gasteiger partial charge on any atom is -0.103 e. The van der Waals surface area contributed by atoms with Crippen molar-refractivity contribution in [2.75, 3.05) is 0 Å². The van der Waals surface area contributed by atoms with Crippen LogP contribution >= 0.6 is 0 Å². The molecule has 26 heavy (non-hydrogen) atoms. The summed E-state index contributed by atoms with van der Waals surface area (Å²) in [7, 11) is 0. The fourth-order valence-corrected chi connectivity index (χ4v) is 4.51. The van der Waals surface area contributed by atoms with E-state index in [0.717, 1.165) is 23.7 Å². The molecule has 0 N–H and O–H groups in total. The smallest absolute Gasteiger partial charge is 0.0233 e. The molecule has 3 unspecified atom stereocenters. The monoisotopic (exact) mass is 360 g/mol. The first-order valence-corrected chi connectivity index (χ1v) is 11.7. The van der Waals surface area contributed by atoms with E-state index in [1.54, 1.807) is 0 Å². The maximum absolute atomic E-state index is 4.17. The van der Waals surface area contributed by atoms with Gasteiger partial charge in [-0.15, -0.1) is 6.58 Å². The topological polar surface area (TPSA) is 0 Å². The van der Waals surface area contributed by atoms with Crippen molar-refractivity contribution < 1.29 is 0 Å². The van der Waals surface area contributed by atoms with E-state index in [-0.39, 0.29) is 0 Å². The van der Waals surface area contributed by atoms with E-state index in [9.17, 15) is 0 Å². The summed E-state index contributed by atoms with van der Waals surface area (Å²) in [6, 6.07) is 0. The summed E-state index contributed by atoms with van der Waals surface area (Å²) in [5.41, 5.74) is 0.505. The van der Waals surface area contributed by atoms with Gasteiger partial charge in [0.2, 0.25) is 0 Å². The summed E-state index contributed by atoms with van der Waals surface area (Å²) in [6.45, 7) is 16.1. The molecule has 1 fully saturated rings. The lowest BCUT2D eigenvalue weighted by atomic mass is 9.69. The second-order valence-corrected chi connectivity index (χ2v) is 9.76. The Kier molecular flexibility index (Phi) is 11.6. The third kappa shape index (κ3) is 9.43. The predicted molar refractivity (Wildman–Crippen MR) is 120 cm³/mol. The number of rotatable bonds is 16. The van der Waals surface area contributed by atoms with Crippen LogP contribution in [0.3, 0.4) is 0 Å². The standard InChI is InChI=1S/C26H48/c1-7-10-13-16-22(4)17-14-11-12-15-18-23(8-2)21-25(24-19-20-24)26(5,6)9-3/h7-8,10,22-25H,2,9,11-21H2,1,3-6H3. The lowest BCUT2D eigenvalue weighted by molar-refractivity contribution is 0.149. The van der Waals surface area contributed by atoms with Crippen molar-refractivity contribution in [3.8, 4) is 0 Å². The summed E-state index contributed by atoms with van der Waals surface area (Å²) >= 11 is 0. The lowest BCUT2D eigenvalue weighted by Gasteiger charge is -2.36. The first-order chi connectivity index (χ1) is 12.4. The average Bonchev–Trinajstić information content (AvgIpc) is 3.45. The molecule has 152 valence electrons. The molecule has 0 aromatic rings. The van der Waals surface area contributed by atoms with E-state index in [1.165, 1.54) is 77.0 Å². The maximum Gasteiger partial charge on any atom is -0.0233 e. The van der Waals surface area contributed by atoms with E-state index >= 15 is 0 Å². The largest absolute Gasteiger partial charge is 0.103 e. The molecule has 0 aliphatic heterocycles. The Hall–Kier alpha value is -0.520. The van der Waals surface area contributed by atoms with Crippen molar-refractivity contribution in [2.45, 2.75) is 112 Å². The summed E-state index contributed by atoms with van der Waals surface area (Å²) < 4.78 is 0. The highest BCUT2D eigenvalue weighted by Gasteiger charge is 2.40. The van der Waals surface area contributed by atoms with E-state index in [4.69, 9.17) is 0 Å². The SMILES string of the molecule is C=CC(CCCCCCC(C)CCC=CC)CC(C1CC1)C(C)(C)CC. The van der Waals surface area contributed by atoms with Crippen molar-refractivity contribution >= 4 is 0 Å². The first-order valence-electron chi connectivity index (χ1n) is 11.7. The number of allylic oxidation sites excluding steroid dienone is 3. The Morgan fingerprint density at radius 2 is 1.69 bits per heavy atom. The Morgan fingerprint density at radius 3 is 2.23 bits per heavy atom. The van der Waals surface area contributed by atoms with Gasteiger partial charge in [0.05, 0.1) is 0 Å². The molecular weight excluding hydrogens is 312 g/mol. The minimum absolute atomic E-state index is 0.505. The number of hydrogen-bond donors (Lipinski definition) is 0. The molecule has 0 heterocycles. The van der Waals surface area contributed by atoms with Crippen LogP contribution in [-0.2, 0) is 0 Å². The van der Waals surface area contributed by atoms with Crippen molar-refractivity contribution in [3.05, 3.63) is 24.8 Å². The highest BCUT2D eigenvalue weighted by Crippen LogP contribution is 2.50. The fourth-order valence-electron chi connectivity index (χ4n) is 4.51. The lowest BCUT2D eigenvalue weighted by Crippen LogP contribution is -2.27. The van der Waals surface area contributed by atoms with Gasteiger partial charge < -0.3 is 0 Å². The molecule has 0 radical (unpaired) electrons. The predicted octanol–water partition coefficient (Wildman–Crippen LogP) is 8.97. The molecule has 0 saturated heterocycles. The van der Waals surface area contributed by atoms with Crippen LogP contribution in [0, 0.1) is 29.1 Å². The maximum atomic E-state index is 4.17. The Labute approximate surface area is 165 Å². The first kappa shape index (κ1) is 23.5. The van der Waals surface area contributed by atoms with Gasteiger partial charge in [-0.3, -0.25) is 0 Å². The Balaban J connectivity index is 2.18. The second-order valence-electron chi connectivity index (χ2n) is 9.76. The van der Waals surface area contributed by atoms with Crippen LogP contribution in [0.25, 0.3) is 0 Å². The van der Waals surface area contributed by atoms with Crippen LogP contribution < -0.4 is 0 Å². The van der Waals surface area contributed by atoms with E-state index in [1.807, 2.05) is 0 Å². The summed E-state index contributed by atoms with van der Waals surface area (Å²) in [5, 5.41) is 0. The quantitative estimate of drug-likeness (QED) is 0.190. The number of hydrogen-bond acceptors (Lipinski definition) is 0. The molecule has 0 nitrogen and oxygen atoms in total. The zero-order chi connectivity index (χ0) is 19.4. The van der Waals surface area contributed by atoms with Crippen LogP contribution in [0.15, 0.2) is 24.8 Å². The van der Waals surface area contributed by atoms with E-state index in [2.05, 4.69) is 59.4 Å². The zero-order valence-electron chi connectivity index (χ0n) is 18.7. The molecule has 0 bridgehead atoms. The van der Waals surface area contributed by atoms with Crippen LogP contribution in [0.4, 0.5) is 0 Å². The molecule has 1 aliphatic rings. The normalized spacial score (nSPS) is 18.8. The van der Waals surface area contributed by atoms with Gasteiger partial charge in [-0.2, -0.15) is 0 Å². The van der Waals surface area contributed by atoms with Crippen LogP contribution in [0.1, 0.15) is 112 Å². The highest BCUT2D eigenvalue weighted by atomic mass is 14.5. The zero-order valence-corrected chi connectivity index (χ0v) is 18.7. The van der Waals surface area contributed by atoms with Gasteiger partial charge in [0, 0.05) is 0 Å². The molecule has 1 saturated carbocycles. The summed E-state index contributed by atoms with van der Waals surface area (Å²) in [5.74, 6) is 3.55. The minimum atomic E-state index is 0.505. The van der Waals surface area contributed by atoms with Crippen molar-refractivity contribution in [1.29, 1.82) is 0 Å². The van der Waals surface area contributed by atoms with Crippen LogP contribution in [-0.4, -0.2) is 0 Å². The highest BCUT2D eigenvalue weighted by molar-refractivity contribution is 4.93. The van der Waals surface area contributed by atoms with Crippen molar-refractivity contribution in [2.24, 2.45) is 29.1 Å². The van der Waals surface area contributed by atoms with Gasteiger partial charge >= 0.3 is 0 Å². The van der Waals surface area contributed by atoms with Crippen LogP contribution in [0.5, 0.6) is 0 Å². The van der Waals surface area contributed by atoms with Gasteiger partial charge in [0.15, 0.2) is 0 Å². The summed E-state index contributed by atoms with van der Waals surface area (Å²) in [6.07, 6.45) is 23.4. The second kappa shape index (κ2) is 12.8. The molecule has 0 spiro atoms. The fraction of sp³-hybridized carbons (Fsp3) is 0.846. The molecule has 0 aromatic carbocycles.